The molecule has 0 aromatic rings. The highest BCUT2D eigenvalue weighted by Crippen LogP contribution is 2.26. The minimum Gasteiger partial charge on any atom is -0.0881 e. The molecule has 0 rings (SSSR count). The molecule has 0 heterocycles. The molecule has 3 atom stereocenters. The fourth-order valence-electron chi connectivity index (χ4n) is 1.06. The molecule has 3 unspecified atom stereocenters. The van der Waals surface area contributed by atoms with Crippen LogP contribution in [0.1, 0.15) is 32.6 Å². The highest BCUT2D eigenvalue weighted by Gasteiger charge is 2.19. The van der Waals surface area contributed by atoms with E-state index >= 15 is 0 Å². The molecule has 0 aliphatic rings. The van der Waals surface area contributed by atoms with Crippen LogP contribution in [0.15, 0.2) is 0 Å². The van der Waals surface area contributed by atoms with Gasteiger partial charge in [-0.2, -0.15) is 0 Å². The van der Waals surface area contributed by atoms with Crippen LogP contribution in [0.5, 0.6) is 0 Å². The fraction of sp³-hybridized carbons (Fsp3) is 1.00. The molecule has 0 bridgehead atoms. The Labute approximate surface area is 126 Å². The first-order chi connectivity index (χ1) is 6.09. The van der Waals surface area contributed by atoms with Gasteiger partial charge in [-0.3, -0.25) is 0 Å². The van der Waals surface area contributed by atoms with Crippen molar-refractivity contribution in [3.8, 4) is 0 Å². The summed E-state index contributed by atoms with van der Waals surface area (Å²) < 4.78 is 2.05. The summed E-state index contributed by atoms with van der Waals surface area (Å²) in [5.41, 5.74) is 0. The Hall–Kier alpha value is 2.42. The molecule has 4 heteroatoms. The number of unbranched alkanes of at least 4 members (excludes halogenated alkanes) is 2. The van der Waals surface area contributed by atoms with Gasteiger partial charge in [0.2, 0.25) is 0 Å². The van der Waals surface area contributed by atoms with Gasteiger partial charge in [0.15, 0.2) is 0 Å². The van der Waals surface area contributed by atoms with E-state index in [1.807, 2.05) is 0 Å². The second-order valence-corrected chi connectivity index (χ2v) is 8.36. The summed E-state index contributed by atoms with van der Waals surface area (Å²) in [5, 5.41) is 0. The van der Waals surface area contributed by atoms with Crippen molar-refractivity contribution in [3.05, 3.63) is 0 Å². The van der Waals surface area contributed by atoms with E-state index in [0.29, 0.717) is 9.65 Å². The Morgan fingerprint density at radius 1 is 1.15 bits per heavy atom. The van der Waals surface area contributed by atoms with E-state index in [9.17, 15) is 0 Å². The Morgan fingerprint density at radius 2 is 1.77 bits per heavy atom. The summed E-state index contributed by atoms with van der Waals surface area (Å²) in [6.07, 6.45) is 5.47. The maximum absolute atomic E-state index is 3.72. The maximum Gasteiger partial charge on any atom is 0.0386 e. The largest absolute Gasteiger partial charge is 0.0881 e. The molecule has 0 N–H and O–H groups in total. The lowest BCUT2D eigenvalue weighted by Crippen LogP contribution is -2.21. The average Bonchev–Trinajstić information content (AvgIpc) is 2.10. The monoisotopic (exact) mass is 536 g/mol. The summed E-state index contributed by atoms with van der Waals surface area (Å²) in [5.74, 6) is 0. The molecule has 0 fully saturated rings. The number of rotatable bonds is 7. The molecule has 0 saturated heterocycles. The number of alkyl halides is 4. The van der Waals surface area contributed by atoms with E-state index in [-0.39, 0.29) is 0 Å². The maximum atomic E-state index is 3.72. The van der Waals surface area contributed by atoms with Gasteiger partial charge in [0.25, 0.3) is 0 Å². The quantitative estimate of drug-likeness (QED) is 0.234. The van der Waals surface area contributed by atoms with Crippen molar-refractivity contribution in [2.75, 3.05) is 4.43 Å². The molecule has 0 radical (unpaired) electrons. The molecule has 0 aliphatic carbocycles. The number of halogens is 4. The van der Waals surface area contributed by atoms with Crippen molar-refractivity contribution in [1.82, 2.24) is 0 Å². The Kier molecular flexibility index (Phi) is 11.4. The third-order valence-corrected chi connectivity index (χ3v) is 7.76. The summed E-state index contributed by atoms with van der Waals surface area (Å²) >= 11 is 12.3. The SMILES string of the molecule is CC(Br)C(Br)C(I)CCCCCI. The first-order valence-corrected chi connectivity index (χ1v) is 9.18. The topological polar surface area (TPSA) is 0 Å². The average molecular weight is 538 g/mol. The van der Waals surface area contributed by atoms with Gasteiger partial charge >= 0.3 is 0 Å². The first kappa shape index (κ1) is 15.4. The van der Waals surface area contributed by atoms with Gasteiger partial charge < -0.3 is 0 Å². The van der Waals surface area contributed by atoms with Crippen molar-refractivity contribution in [2.45, 2.75) is 46.2 Å². The zero-order chi connectivity index (χ0) is 10.3. The second-order valence-electron chi connectivity index (χ2n) is 3.18. The van der Waals surface area contributed by atoms with Crippen molar-refractivity contribution in [3.63, 3.8) is 0 Å². The van der Waals surface area contributed by atoms with Gasteiger partial charge in [-0.1, -0.05) is 96.8 Å². The van der Waals surface area contributed by atoms with Gasteiger partial charge in [0.05, 0.1) is 0 Å². The molecule has 0 nitrogen and oxygen atoms in total. The predicted octanol–water partition coefficient (Wildman–Crippen LogP) is 5.33. The van der Waals surface area contributed by atoms with Crippen LogP contribution in [-0.2, 0) is 0 Å². The zero-order valence-corrected chi connectivity index (χ0v) is 15.3. The number of hydrogen-bond donors (Lipinski definition) is 0. The summed E-state index contributed by atoms with van der Waals surface area (Å²) in [6.45, 7) is 2.20. The van der Waals surface area contributed by atoms with Crippen molar-refractivity contribution < 1.29 is 0 Å². The minimum absolute atomic E-state index is 0.568. The van der Waals surface area contributed by atoms with Crippen LogP contribution >= 0.6 is 77.0 Å². The van der Waals surface area contributed by atoms with E-state index in [2.05, 4.69) is 84.0 Å². The van der Waals surface area contributed by atoms with Gasteiger partial charge in [0.1, 0.15) is 0 Å². The van der Waals surface area contributed by atoms with E-state index in [4.69, 9.17) is 0 Å². The minimum atomic E-state index is 0.568. The summed E-state index contributed by atoms with van der Waals surface area (Å²) in [6, 6.07) is 0. The predicted molar refractivity (Wildman–Crippen MR) is 86.3 cm³/mol. The molecule has 80 valence electrons. The summed E-state index contributed by atoms with van der Waals surface area (Å²) in [4.78, 5) is 1.17. The molecule has 0 aromatic carbocycles. The molecule has 0 aromatic heterocycles. The number of hydrogen-bond acceptors (Lipinski definition) is 0. The lowest BCUT2D eigenvalue weighted by molar-refractivity contribution is 0.648. The third kappa shape index (κ3) is 8.25. The van der Waals surface area contributed by atoms with E-state index in [1.54, 1.807) is 0 Å². The Balaban J connectivity index is 3.44. The van der Waals surface area contributed by atoms with Crippen LogP contribution < -0.4 is 0 Å². The molecule has 0 aliphatic heterocycles. The van der Waals surface area contributed by atoms with E-state index in [1.165, 1.54) is 30.1 Å². The van der Waals surface area contributed by atoms with Crippen LogP contribution in [0.4, 0.5) is 0 Å². The lowest BCUT2D eigenvalue weighted by atomic mass is 10.1. The van der Waals surface area contributed by atoms with Gasteiger partial charge in [0, 0.05) is 13.6 Å². The Bertz CT molecular complexity index is 120. The highest BCUT2D eigenvalue weighted by molar-refractivity contribution is 14.1. The lowest BCUT2D eigenvalue weighted by Gasteiger charge is -2.18. The Morgan fingerprint density at radius 3 is 2.23 bits per heavy atom. The molecule has 0 spiro atoms. The fourth-order valence-corrected chi connectivity index (χ4v) is 3.86. The van der Waals surface area contributed by atoms with Gasteiger partial charge in [-0.05, 0) is 17.3 Å². The van der Waals surface area contributed by atoms with E-state index in [0.717, 1.165) is 3.92 Å². The van der Waals surface area contributed by atoms with Crippen LogP contribution in [0, 0.1) is 0 Å². The van der Waals surface area contributed by atoms with Crippen LogP contribution in [0.25, 0.3) is 0 Å². The zero-order valence-electron chi connectivity index (χ0n) is 7.78. The van der Waals surface area contributed by atoms with Gasteiger partial charge in [-0.25, -0.2) is 0 Å². The third-order valence-electron chi connectivity index (χ3n) is 1.90. The first-order valence-electron chi connectivity index (χ1n) is 4.57. The van der Waals surface area contributed by atoms with Crippen molar-refractivity contribution >= 4 is 77.0 Å². The molecule has 0 saturated carbocycles. The molecular formula is C9H16Br2I2. The highest BCUT2D eigenvalue weighted by atomic mass is 127. The van der Waals surface area contributed by atoms with Crippen LogP contribution in [0.2, 0.25) is 0 Å². The van der Waals surface area contributed by atoms with Gasteiger partial charge in [-0.15, -0.1) is 0 Å². The van der Waals surface area contributed by atoms with Crippen LogP contribution in [0.3, 0.4) is 0 Å². The van der Waals surface area contributed by atoms with Crippen molar-refractivity contribution in [1.29, 1.82) is 0 Å². The molecule has 13 heavy (non-hydrogen) atoms. The molecule has 0 amide bonds. The normalized spacial score (nSPS) is 18.2. The van der Waals surface area contributed by atoms with Crippen molar-refractivity contribution in [2.24, 2.45) is 0 Å². The standard InChI is InChI=1S/C9H16Br2I2/c1-7(10)9(11)8(13)5-3-2-4-6-12/h7-9H,2-6H2,1H3. The van der Waals surface area contributed by atoms with Crippen LogP contribution in [-0.4, -0.2) is 18.0 Å². The van der Waals surface area contributed by atoms with E-state index < -0.39 is 0 Å². The summed E-state index contributed by atoms with van der Waals surface area (Å²) in [7, 11) is 0. The second kappa shape index (κ2) is 9.63. The molecular weight excluding hydrogens is 522 g/mol. The smallest absolute Gasteiger partial charge is 0.0386 e.